The highest BCUT2D eigenvalue weighted by molar-refractivity contribution is 5.85. The van der Waals surface area contributed by atoms with Crippen molar-refractivity contribution in [2.24, 2.45) is 5.41 Å². The van der Waals surface area contributed by atoms with Crippen LogP contribution in [0.3, 0.4) is 0 Å². The molecule has 2 aromatic heterocycles. The molecule has 9 heteroatoms. The minimum absolute atomic E-state index is 0.219. The van der Waals surface area contributed by atoms with E-state index in [0.29, 0.717) is 35.9 Å². The van der Waals surface area contributed by atoms with Crippen molar-refractivity contribution in [2.75, 3.05) is 43.1 Å². The van der Waals surface area contributed by atoms with Gasteiger partial charge in [-0.2, -0.15) is 0 Å². The Labute approximate surface area is 254 Å². The number of anilines is 2. The summed E-state index contributed by atoms with van der Waals surface area (Å²) in [6, 6.07) is 8.44. The predicted octanol–water partition coefficient (Wildman–Crippen LogP) is 6.98. The molecule has 0 bridgehead atoms. The van der Waals surface area contributed by atoms with Crippen LogP contribution in [0.4, 0.5) is 15.8 Å². The minimum Gasteiger partial charge on any atom is -0.491 e. The highest BCUT2D eigenvalue weighted by Gasteiger charge is 2.36. The van der Waals surface area contributed by atoms with Crippen LogP contribution in [0.15, 0.2) is 42.7 Å². The van der Waals surface area contributed by atoms with Gasteiger partial charge in [0, 0.05) is 43.2 Å². The third-order valence-corrected chi connectivity index (χ3v) is 7.96. The molecule has 1 N–H and O–H groups in total. The summed E-state index contributed by atoms with van der Waals surface area (Å²) in [4.78, 5) is 26.4. The number of hydrogen-bond acceptors (Lipinski definition) is 7. The van der Waals surface area contributed by atoms with E-state index in [0.717, 1.165) is 48.4 Å². The molecule has 1 aromatic carbocycles. The molecule has 3 heterocycles. The molecule has 232 valence electrons. The van der Waals surface area contributed by atoms with Crippen LogP contribution in [0, 0.1) is 25.1 Å². The number of aromatic nitrogens is 2. The summed E-state index contributed by atoms with van der Waals surface area (Å²) < 4.78 is 25.4. The first-order chi connectivity index (χ1) is 20.1. The van der Waals surface area contributed by atoms with E-state index in [1.54, 1.807) is 18.5 Å². The van der Waals surface area contributed by atoms with Gasteiger partial charge in [0.25, 0.3) is 0 Å². The maximum atomic E-state index is 13.4. The molecule has 0 radical (unpaired) electrons. The highest BCUT2D eigenvalue weighted by Crippen LogP contribution is 2.43. The Morgan fingerprint density at radius 2 is 1.81 bits per heavy atom. The number of hydrogen-bond donors (Lipinski definition) is 1. The van der Waals surface area contributed by atoms with Gasteiger partial charge in [-0.05, 0) is 88.8 Å². The zero-order valence-electron chi connectivity index (χ0n) is 26.7. The van der Waals surface area contributed by atoms with Gasteiger partial charge >= 0.3 is 5.97 Å². The van der Waals surface area contributed by atoms with E-state index in [2.05, 4.69) is 23.7 Å². The third kappa shape index (κ3) is 8.02. The first-order valence-corrected chi connectivity index (χ1v) is 14.9. The van der Waals surface area contributed by atoms with Gasteiger partial charge in [-0.15, -0.1) is 0 Å². The fourth-order valence-corrected chi connectivity index (χ4v) is 5.34. The van der Waals surface area contributed by atoms with E-state index in [1.807, 2.05) is 58.7 Å². The van der Waals surface area contributed by atoms with Gasteiger partial charge < -0.3 is 24.4 Å². The lowest BCUT2D eigenvalue weighted by Gasteiger charge is -2.40. The van der Waals surface area contributed by atoms with Gasteiger partial charge in [0.05, 0.1) is 35.4 Å². The molecule has 1 fully saturated rings. The highest BCUT2D eigenvalue weighted by atomic mass is 19.1. The summed E-state index contributed by atoms with van der Waals surface area (Å²) in [7, 11) is 1.96. The number of piperidine rings is 1. The third-order valence-electron chi connectivity index (χ3n) is 7.96. The summed E-state index contributed by atoms with van der Waals surface area (Å²) >= 11 is 0. The van der Waals surface area contributed by atoms with Crippen molar-refractivity contribution in [3.8, 4) is 17.0 Å². The second kappa shape index (κ2) is 12.9. The maximum absolute atomic E-state index is 13.4. The number of pyridine rings is 2. The smallest absolute Gasteiger partial charge is 0.337 e. The van der Waals surface area contributed by atoms with Gasteiger partial charge in [-0.25, -0.2) is 9.18 Å². The van der Waals surface area contributed by atoms with Gasteiger partial charge in [0.15, 0.2) is 6.10 Å². The fraction of sp³-hybridized carbons (Fsp3) is 0.500. The van der Waals surface area contributed by atoms with Crippen molar-refractivity contribution in [2.45, 2.75) is 73.0 Å². The molecular formula is C34H45FN4O4. The Morgan fingerprint density at radius 3 is 2.40 bits per heavy atom. The van der Waals surface area contributed by atoms with E-state index in [-0.39, 0.29) is 11.2 Å². The van der Waals surface area contributed by atoms with Crippen LogP contribution in [-0.2, 0) is 9.53 Å². The number of carbonyl (C=O) groups is 1. The zero-order valence-corrected chi connectivity index (χ0v) is 26.7. The summed E-state index contributed by atoms with van der Waals surface area (Å²) in [5, 5.41) is 10.3. The zero-order chi connectivity index (χ0) is 31.5. The Morgan fingerprint density at radius 1 is 1.12 bits per heavy atom. The number of nitrogens with zero attached hydrogens (tertiary/aromatic N) is 4. The number of halogens is 1. The topological polar surface area (TPSA) is 88.0 Å². The largest absolute Gasteiger partial charge is 0.491 e. The van der Waals surface area contributed by atoms with E-state index < -0.39 is 17.7 Å². The molecule has 0 aliphatic carbocycles. The van der Waals surface area contributed by atoms with Gasteiger partial charge in [0.2, 0.25) is 0 Å². The first-order valence-electron chi connectivity index (χ1n) is 14.9. The molecule has 43 heavy (non-hydrogen) atoms. The molecule has 4 rings (SSSR count). The van der Waals surface area contributed by atoms with Gasteiger partial charge in [-0.3, -0.25) is 9.97 Å². The lowest BCUT2D eigenvalue weighted by atomic mass is 9.82. The normalized spacial score (nSPS) is 15.7. The van der Waals surface area contributed by atoms with Crippen LogP contribution in [0.1, 0.15) is 70.4 Å². The lowest BCUT2D eigenvalue weighted by molar-refractivity contribution is -0.160. The number of benzene rings is 1. The van der Waals surface area contributed by atoms with Crippen molar-refractivity contribution in [3.63, 3.8) is 0 Å². The van der Waals surface area contributed by atoms with E-state index in [1.165, 1.54) is 12.1 Å². The van der Waals surface area contributed by atoms with E-state index >= 15 is 0 Å². The van der Waals surface area contributed by atoms with Crippen molar-refractivity contribution < 1.29 is 23.8 Å². The molecule has 0 amide bonds. The molecule has 0 unspecified atom stereocenters. The Bertz CT molecular complexity index is 1430. The van der Waals surface area contributed by atoms with Gasteiger partial charge in [-0.1, -0.05) is 13.8 Å². The van der Waals surface area contributed by atoms with Crippen LogP contribution in [-0.4, -0.2) is 59.9 Å². The average Bonchev–Trinajstić information content (AvgIpc) is 2.92. The van der Waals surface area contributed by atoms with Crippen molar-refractivity contribution in [1.29, 1.82) is 0 Å². The molecule has 1 atom stereocenters. The molecule has 8 nitrogen and oxygen atoms in total. The fourth-order valence-electron chi connectivity index (χ4n) is 5.34. The van der Waals surface area contributed by atoms with Crippen LogP contribution in [0.5, 0.6) is 5.75 Å². The molecule has 3 aromatic rings. The Balaban J connectivity index is 1.64. The number of carboxylic acid groups (broad SMARTS) is 1. The van der Waals surface area contributed by atoms with E-state index in [9.17, 15) is 14.3 Å². The number of rotatable bonds is 10. The number of ether oxygens (including phenoxy) is 2. The monoisotopic (exact) mass is 592 g/mol. The quantitative estimate of drug-likeness (QED) is 0.270. The minimum atomic E-state index is -1.17. The van der Waals surface area contributed by atoms with Crippen LogP contribution in [0.25, 0.3) is 11.3 Å². The molecule has 1 aliphatic rings. The van der Waals surface area contributed by atoms with Crippen molar-refractivity contribution in [1.82, 2.24) is 9.97 Å². The molecule has 0 saturated carbocycles. The Hall–Kier alpha value is -3.72. The predicted molar refractivity (Wildman–Crippen MR) is 169 cm³/mol. The molecule has 0 spiro atoms. The summed E-state index contributed by atoms with van der Waals surface area (Å²) in [5.74, 6) is -0.662. The van der Waals surface area contributed by atoms with Gasteiger partial charge in [0.1, 0.15) is 18.2 Å². The average molecular weight is 593 g/mol. The van der Waals surface area contributed by atoms with Crippen LogP contribution in [0.2, 0.25) is 0 Å². The number of aliphatic carboxylic acids is 1. The van der Waals surface area contributed by atoms with Crippen molar-refractivity contribution in [3.05, 3.63) is 65.4 Å². The standard InChI is InChI=1S/C34H45FN4O4/c1-22-19-24(35)9-12-28(22)42-18-17-38(8)25-10-11-27(37-20-25)26-21-36-23(2)29(31(32(40)41)43-33(3,4)5)30(26)39-15-13-34(6,7)14-16-39/h9-12,19-21,31H,13-18H2,1-8H3,(H,40,41)/t31-/m0/s1. The van der Waals surface area contributed by atoms with Crippen molar-refractivity contribution >= 4 is 17.3 Å². The maximum Gasteiger partial charge on any atom is 0.337 e. The second-order valence-electron chi connectivity index (χ2n) is 13.2. The summed E-state index contributed by atoms with van der Waals surface area (Å²) in [5.41, 5.74) is 4.75. The molecular weight excluding hydrogens is 547 g/mol. The lowest BCUT2D eigenvalue weighted by Crippen LogP contribution is -2.39. The number of likely N-dealkylation sites (N-methyl/N-ethyl adjacent to an activating group) is 1. The second-order valence-corrected chi connectivity index (χ2v) is 13.2. The number of carboxylic acids is 1. The summed E-state index contributed by atoms with van der Waals surface area (Å²) in [6.07, 6.45) is 4.41. The molecule has 1 aliphatic heterocycles. The van der Waals surface area contributed by atoms with Crippen LogP contribution >= 0.6 is 0 Å². The summed E-state index contributed by atoms with van der Waals surface area (Å²) in [6.45, 7) is 16.4. The Kier molecular flexibility index (Phi) is 9.64. The number of aryl methyl sites for hydroxylation is 2. The van der Waals surface area contributed by atoms with Crippen LogP contribution < -0.4 is 14.5 Å². The SMILES string of the molecule is Cc1cc(F)ccc1OCCN(C)c1ccc(-c2cnc(C)c([C@H](OC(C)(C)C)C(=O)O)c2N2CCC(C)(C)CC2)nc1. The molecule has 1 saturated heterocycles. The first kappa shape index (κ1) is 32.2. The van der Waals surface area contributed by atoms with E-state index in [4.69, 9.17) is 14.5 Å².